The third kappa shape index (κ3) is 1.49. The smallest absolute Gasteiger partial charge is 0.338 e. The Morgan fingerprint density at radius 2 is 1.79 bits per heavy atom. The zero-order valence-corrected chi connectivity index (χ0v) is 6.76. The van der Waals surface area contributed by atoms with Crippen molar-refractivity contribution in [2.45, 2.75) is 6.04 Å². The minimum Gasteiger partial charge on any atom is -0.479 e. The maximum atomic E-state index is 11.0. The van der Waals surface area contributed by atoms with Crippen LogP contribution < -0.4 is 5.32 Å². The molecule has 3 N–H and O–H groups in total. The Bertz CT molecular complexity index is 294. The molecule has 0 radical (unpaired) electrons. The van der Waals surface area contributed by atoms with Crippen LogP contribution >= 0.6 is 0 Å². The predicted molar refractivity (Wildman–Crippen MR) is 39.3 cm³/mol. The van der Waals surface area contributed by atoms with Gasteiger partial charge in [-0.25, -0.2) is 19.3 Å². The van der Waals surface area contributed by atoms with Crippen molar-refractivity contribution in [3.05, 3.63) is 0 Å². The quantitative estimate of drug-likeness (QED) is 0.362. The van der Waals surface area contributed by atoms with Crippen LogP contribution in [-0.4, -0.2) is 51.6 Å². The summed E-state index contributed by atoms with van der Waals surface area (Å²) in [5, 5.41) is 19.0. The van der Waals surface area contributed by atoms with Gasteiger partial charge in [-0.2, -0.15) is 0 Å². The van der Waals surface area contributed by atoms with Crippen molar-refractivity contribution >= 4 is 23.9 Å². The van der Waals surface area contributed by atoms with Crippen LogP contribution in [0.3, 0.4) is 0 Å². The monoisotopic (exact) mass is 202 g/mol. The number of carboxylic acid groups (broad SMARTS) is 2. The highest BCUT2D eigenvalue weighted by Gasteiger charge is 2.43. The number of nitrogens with zero attached hydrogens (tertiary/aromatic N) is 1. The Hall–Kier alpha value is -2.12. The molecule has 8 nitrogen and oxygen atoms in total. The van der Waals surface area contributed by atoms with Crippen LogP contribution in [0.2, 0.25) is 0 Å². The van der Waals surface area contributed by atoms with Gasteiger partial charge in [0.25, 0.3) is 5.91 Å². The highest BCUT2D eigenvalue weighted by atomic mass is 16.4. The molecule has 0 bridgehead atoms. The molecule has 3 amide bonds. The summed E-state index contributed by atoms with van der Waals surface area (Å²) in [7, 11) is 0. The van der Waals surface area contributed by atoms with E-state index in [-0.39, 0.29) is 11.4 Å². The number of nitrogens with one attached hydrogen (secondary N) is 1. The van der Waals surface area contributed by atoms with E-state index in [0.717, 1.165) is 0 Å². The van der Waals surface area contributed by atoms with Crippen LogP contribution in [0.1, 0.15) is 0 Å². The van der Waals surface area contributed by atoms with Crippen molar-refractivity contribution in [2.75, 3.05) is 6.54 Å². The lowest BCUT2D eigenvalue weighted by Crippen LogP contribution is -2.50. The fraction of sp³-hybridized carbons (Fsp3) is 0.333. The van der Waals surface area contributed by atoms with Gasteiger partial charge in [0, 0.05) is 0 Å². The van der Waals surface area contributed by atoms with Gasteiger partial charge >= 0.3 is 18.0 Å². The average Bonchev–Trinajstić information content (AvgIpc) is 2.34. The summed E-state index contributed by atoms with van der Waals surface area (Å²) in [5.41, 5.74) is 0. The highest BCUT2D eigenvalue weighted by molar-refractivity contribution is 6.11. The predicted octanol–water partition coefficient (Wildman–Crippen LogP) is -1.92. The lowest BCUT2D eigenvalue weighted by Gasteiger charge is -2.16. The van der Waals surface area contributed by atoms with E-state index in [4.69, 9.17) is 10.2 Å². The number of aliphatic carboxylic acids is 2. The largest absolute Gasteiger partial charge is 0.479 e. The molecule has 0 aromatic carbocycles. The maximum Gasteiger partial charge on any atom is 0.338 e. The topological polar surface area (TPSA) is 124 Å². The molecule has 0 aromatic rings. The average molecular weight is 202 g/mol. The number of carbonyl (C=O) groups is 4. The second-order valence-electron chi connectivity index (χ2n) is 2.50. The molecule has 0 unspecified atom stereocenters. The molecule has 0 spiro atoms. The molecule has 1 heterocycles. The van der Waals surface area contributed by atoms with Crippen LogP contribution in [-0.2, 0) is 14.4 Å². The number of amides is 3. The van der Waals surface area contributed by atoms with Crippen molar-refractivity contribution in [1.29, 1.82) is 0 Å². The van der Waals surface area contributed by atoms with Crippen molar-refractivity contribution in [3.63, 3.8) is 0 Å². The van der Waals surface area contributed by atoms with Crippen LogP contribution in [0.5, 0.6) is 0 Å². The molecule has 14 heavy (non-hydrogen) atoms. The highest BCUT2D eigenvalue weighted by Crippen LogP contribution is 2.06. The molecular weight excluding hydrogens is 196 g/mol. The number of urea groups is 1. The summed E-state index contributed by atoms with van der Waals surface area (Å²) in [6.45, 7) is -0.379. The molecule has 0 aliphatic carbocycles. The lowest BCUT2D eigenvalue weighted by atomic mass is 10.2. The lowest BCUT2D eigenvalue weighted by molar-refractivity contribution is -0.158. The number of hydrogen-bond donors (Lipinski definition) is 3. The maximum absolute atomic E-state index is 11.0. The molecule has 0 atom stereocenters. The van der Waals surface area contributed by atoms with E-state index in [1.165, 1.54) is 0 Å². The van der Waals surface area contributed by atoms with E-state index in [2.05, 4.69) is 0 Å². The zero-order chi connectivity index (χ0) is 10.9. The summed E-state index contributed by atoms with van der Waals surface area (Å²) in [4.78, 5) is 43.0. The molecule has 1 saturated heterocycles. The first-order valence-corrected chi connectivity index (χ1v) is 3.50. The molecule has 0 saturated carbocycles. The summed E-state index contributed by atoms with van der Waals surface area (Å²) in [5.74, 6) is -4.39. The summed E-state index contributed by atoms with van der Waals surface area (Å²) >= 11 is 0. The van der Waals surface area contributed by atoms with E-state index in [1.54, 1.807) is 0 Å². The first kappa shape index (κ1) is 9.96. The second-order valence-corrected chi connectivity index (χ2v) is 2.50. The van der Waals surface area contributed by atoms with Gasteiger partial charge in [0.1, 0.15) is 0 Å². The van der Waals surface area contributed by atoms with Gasteiger partial charge in [0.05, 0.1) is 6.54 Å². The van der Waals surface area contributed by atoms with E-state index in [1.807, 2.05) is 5.32 Å². The van der Waals surface area contributed by atoms with Gasteiger partial charge in [0.2, 0.25) is 6.04 Å². The molecule has 8 heteroatoms. The summed E-state index contributed by atoms with van der Waals surface area (Å²) in [6.07, 6.45) is 0. The van der Waals surface area contributed by atoms with Crippen molar-refractivity contribution in [2.24, 2.45) is 0 Å². The van der Waals surface area contributed by atoms with Crippen LogP contribution in [0.25, 0.3) is 0 Å². The Balaban J connectivity index is 2.98. The van der Waals surface area contributed by atoms with Gasteiger partial charge in [-0.05, 0) is 0 Å². The molecule has 1 rings (SSSR count). The standard InChI is InChI=1S/C6H6N2O6/c9-2-1-7-6(14)8(2)3(4(10)11)5(12)13/h3H,1H2,(H,7,14)(H,10,11)(H,12,13). The Morgan fingerprint density at radius 3 is 2.07 bits per heavy atom. The molecular formula is C6H6N2O6. The van der Waals surface area contributed by atoms with Crippen molar-refractivity contribution < 1.29 is 29.4 Å². The van der Waals surface area contributed by atoms with Crippen molar-refractivity contribution in [1.82, 2.24) is 10.2 Å². The number of carboxylic acids is 2. The minimum absolute atomic E-state index is 0.171. The van der Waals surface area contributed by atoms with Gasteiger partial charge < -0.3 is 15.5 Å². The van der Waals surface area contributed by atoms with E-state index < -0.39 is 29.9 Å². The Morgan fingerprint density at radius 1 is 1.29 bits per heavy atom. The zero-order valence-electron chi connectivity index (χ0n) is 6.76. The fourth-order valence-corrected chi connectivity index (χ4v) is 1.02. The van der Waals surface area contributed by atoms with Crippen LogP contribution in [0, 0.1) is 0 Å². The number of hydrogen-bond acceptors (Lipinski definition) is 4. The second kappa shape index (κ2) is 3.32. The summed E-state index contributed by atoms with van der Waals surface area (Å²) in [6, 6.07) is -3.17. The molecule has 1 aliphatic heterocycles. The van der Waals surface area contributed by atoms with Gasteiger partial charge in [0.15, 0.2) is 0 Å². The van der Waals surface area contributed by atoms with Crippen LogP contribution in [0.4, 0.5) is 4.79 Å². The van der Waals surface area contributed by atoms with Crippen molar-refractivity contribution in [3.8, 4) is 0 Å². The SMILES string of the molecule is O=C(O)C(C(=O)O)N1C(=O)CNC1=O. The number of imide groups is 1. The molecule has 1 aliphatic rings. The van der Waals surface area contributed by atoms with Gasteiger partial charge in [-0.3, -0.25) is 4.79 Å². The van der Waals surface area contributed by atoms with Crippen LogP contribution in [0.15, 0.2) is 0 Å². The fourth-order valence-electron chi connectivity index (χ4n) is 1.02. The van der Waals surface area contributed by atoms with Gasteiger partial charge in [-0.1, -0.05) is 0 Å². The number of rotatable bonds is 3. The molecule has 76 valence electrons. The third-order valence-electron chi connectivity index (χ3n) is 1.60. The first-order valence-electron chi connectivity index (χ1n) is 3.50. The van der Waals surface area contributed by atoms with Gasteiger partial charge in [-0.15, -0.1) is 0 Å². The van der Waals surface area contributed by atoms with E-state index in [0.29, 0.717) is 0 Å². The molecule has 1 fully saturated rings. The number of carbonyl (C=O) groups excluding carboxylic acids is 2. The molecule has 0 aromatic heterocycles. The first-order chi connectivity index (χ1) is 6.45. The Labute approximate surface area is 77.1 Å². The summed E-state index contributed by atoms with van der Waals surface area (Å²) < 4.78 is 0. The minimum atomic E-state index is -2.16. The van der Waals surface area contributed by atoms with E-state index >= 15 is 0 Å². The third-order valence-corrected chi connectivity index (χ3v) is 1.60. The van der Waals surface area contributed by atoms with E-state index in [9.17, 15) is 19.2 Å². The normalized spacial score (nSPS) is 15.9. The Kier molecular flexibility index (Phi) is 2.36.